The van der Waals surface area contributed by atoms with Crippen molar-refractivity contribution in [1.82, 2.24) is 9.88 Å². The van der Waals surface area contributed by atoms with E-state index in [1.807, 2.05) is 13.8 Å². The summed E-state index contributed by atoms with van der Waals surface area (Å²) in [5, 5.41) is 3.76. The number of ether oxygens (including phenoxy) is 2. The van der Waals surface area contributed by atoms with Crippen LogP contribution in [0.3, 0.4) is 0 Å². The predicted octanol–water partition coefficient (Wildman–Crippen LogP) is 2.09. The lowest BCUT2D eigenvalue weighted by Gasteiger charge is -2.20. The molecule has 0 radical (unpaired) electrons. The minimum absolute atomic E-state index is 0. The fourth-order valence-electron chi connectivity index (χ4n) is 4.08. The largest absolute Gasteiger partial charge is 1.00 e. The third-order valence-electron chi connectivity index (χ3n) is 5.31. The van der Waals surface area contributed by atoms with Crippen molar-refractivity contribution >= 4 is 0 Å². The monoisotopic (exact) mass is 411 g/mol. The Hall–Kier alpha value is -2.43. The van der Waals surface area contributed by atoms with Crippen LogP contribution < -0.4 is 27.2 Å². The number of hydrogen-bond acceptors (Lipinski definition) is 3. The molecular weight excluding hydrogens is 384 g/mol. The first-order valence-electron chi connectivity index (χ1n) is 10.0. The number of halogens is 1. The van der Waals surface area contributed by atoms with Gasteiger partial charge in [0.1, 0.15) is 0 Å². The number of hydrogen-bond donors (Lipinski definition) is 1. The second-order valence-corrected chi connectivity index (χ2v) is 7.27. The van der Waals surface area contributed by atoms with E-state index in [1.54, 1.807) is 0 Å². The van der Waals surface area contributed by atoms with Crippen LogP contribution in [0.5, 0.6) is 11.5 Å². The molecule has 154 valence electrons. The summed E-state index contributed by atoms with van der Waals surface area (Å²) >= 11 is 0. The molecule has 0 aliphatic carbocycles. The lowest BCUT2D eigenvalue weighted by atomic mass is 9.97. The van der Waals surface area contributed by atoms with Gasteiger partial charge < -0.3 is 31.8 Å². The summed E-state index contributed by atoms with van der Waals surface area (Å²) in [4.78, 5) is 0. The fraction of sp³-hybridized carbons (Fsp3) is 0.333. The highest BCUT2D eigenvalue weighted by molar-refractivity contribution is 5.57. The first-order valence-corrected chi connectivity index (χ1v) is 10.0. The third-order valence-corrected chi connectivity index (χ3v) is 5.31. The van der Waals surface area contributed by atoms with E-state index < -0.39 is 0 Å². The number of fused-ring (bicyclic) bond motifs is 3. The van der Waals surface area contributed by atoms with Crippen LogP contribution in [0, 0.1) is 13.8 Å². The summed E-state index contributed by atoms with van der Waals surface area (Å²) in [7, 11) is 0. The van der Waals surface area contributed by atoms with Crippen LogP contribution in [-0.4, -0.2) is 17.8 Å². The maximum atomic E-state index is 5.87. The Morgan fingerprint density at radius 3 is 2.41 bits per heavy atom. The molecule has 0 bridgehead atoms. The molecule has 1 atom stereocenters. The Morgan fingerprint density at radius 2 is 1.72 bits per heavy atom. The Kier molecular flexibility index (Phi) is 6.56. The van der Waals surface area contributed by atoms with Crippen molar-refractivity contribution in [3.63, 3.8) is 0 Å². The normalized spacial score (nSPS) is 15.0. The van der Waals surface area contributed by atoms with Gasteiger partial charge in [0.15, 0.2) is 11.5 Å². The quantitative estimate of drug-likeness (QED) is 0.698. The van der Waals surface area contributed by atoms with Gasteiger partial charge in [-0.2, -0.15) is 0 Å². The Morgan fingerprint density at radius 1 is 1.00 bits per heavy atom. The first kappa shape index (κ1) is 21.3. The summed E-state index contributed by atoms with van der Waals surface area (Å²) in [5.41, 5.74) is 7.49. The van der Waals surface area contributed by atoms with Gasteiger partial charge in [-0.25, -0.2) is 0 Å². The highest BCUT2D eigenvalue weighted by Crippen LogP contribution is 2.38. The number of nitrogens with zero attached hydrogens (tertiary/aromatic N) is 1. The molecule has 1 unspecified atom stereocenters. The molecule has 1 N–H and O–H groups in total. The molecule has 29 heavy (non-hydrogen) atoms. The number of rotatable bonds is 5. The van der Waals surface area contributed by atoms with Crippen molar-refractivity contribution in [3.8, 4) is 17.2 Å². The molecule has 0 amide bonds. The molecule has 1 aromatic heterocycles. The van der Waals surface area contributed by atoms with Crippen molar-refractivity contribution in [2.45, 2.75) is 40.3 Å². The van der Waals surface area contributed by atoms with Gasteiger partial charge in [-0.05, 0) is 62.6 Å². The molecule has 3 aromatic rings. The molecule has 4 nitrogen and oxygen atoms in total. The van der Waals surface area contributed by atoms with Crippen molar-refractivity contribution in [3.05, 3.63) is 76.6 Å². The molecule has 4 rings (SSSR count). The minimum Gasteiger partial charge on any atom is -1.00 e. The highest BCUT2D eigenvalue weighted by Gasteiger charge is 2.25. The van der Waals surface area contributed by atoms with Crippen molar-refractivity contribution in [1.29, 1.82) is 0 Å². The van der Waals surface area contributed by atoms with Gasteiger partial charge in [-0.3, -0.25) is 0 Å². The summed E-state index contributed by atoms with van der Waals surface area (Å²) in [6.45, 7) is 10.3. The standard InChI is InChI=1S/C24H28N2O2.ClH/c1-5-27-22-13-18-15-25-24(19-10-9-16(3)12-17(19)4)20-8-7-11-26(20)21(18)14-23(22)28-6-2;/h7-14,24-25H,5-6,15H2,1-4H3;1H/p-1. The van der Waals surface area contributed by atoms with Crippen molar-refractivity contribution in [2.75, 3.05) is 13.2 Å². The summed E-state index contributed by atoms with van der Waals surface area (Å²) in [5.74, 6) is 1.61. The van der Waals surface area contributed by atoms with Gasteiger partial charge in [-0.15, -0.1) is 0 Å². The second-order valence-electron chi connectivity index (χ2n) is 7.27. The van der Waals surface area contributed by atoms with Gasteiger partial charge in [0.25, 0.3) is 0 Å². The van der Waals surface area contributed by atoms with E-state index in [9.17, 15) is 0 Å². The first-order chi connectivity index (χ1) is 13.6. The summed E-state index contributed by atoms with van der Waals surface area (Å²) in [6.07, 6.45) is 2.13. The molecule has 0 fully saturated rings. The van der Waals surface area contributed by atoms with Crippen molar-refractivity contribution in [2.24, 2.45) is 0 Å². The number of nitrogens with one attached hydrogen (secondary N) is 1. The van der Waals surface area contributed by atoms with Gasteiger partial charge in [0, 0.05) is 24.5 Å². The number of benzene rings is 2. The topological polar surface area (TPSA) is 35.4 Å². The van der Waals surface area contributed by atoms with Crippen LogP contribution >= 0.6 is 0 Å². The third kappa shape index (κ3) is 4.00. The zero-order valence-corrected chi connectivity index (χ0v) is 18.2. The molecular formula is C24H28ClN2O2-. The van der Waals surface area contributed by atoms with E-state index >= 15 is 0 Å². The SMILES string of the molecule is CCOc1cc2c(cc1OCC)-n1cccc1C(c1ccc(C)cc1C)NC2.[Cl-]. The molecule has 0 saturated heterocycles. The Labute approximate surface area is 179 Å². The van der Waals surface area contributed by atoms with Gasteiger partial charge in [-0.1, -0.05) is 23.8 Å². The van der Waals surface area contributed by atoms with Crippen LogP contribution in [0.15, 0.2) is 48.7 Å². The fourth-order valence-corrected chi connectivity index (χ4v) is 4.08. The van der Waals surface area contributed by atoms with Gasteiger partial charge in [0.2, 0.25) is 0 Å². The average molecular weight is 412 g/mol. The lowest BCUT2D eigenvalue weighted by Crippen LogP contribution is -3.00. The predicted molar refractivity (Wildman–Crippen MR) is 113 cm³/mol. The average Bonchev–Trinajstić information content (AvgIpc) is 3.09. The van der Waals surface area contributed by atoms with Crippen LogP contribution in [0.2, 0.25) is 0 Å². The van der Waals surface area contributed by atoms with E-state index in [-0.39, 0.29) is 18.4 Å². The number of aryl methyl sites for hydroxylation is 2. The van der Waals surface area contributed by atoms with E-state index in [4.69, 9.17) is 9.47 Å². The molecule has 0 spiro atoms. The highest BCUT2D eigenvalue weighted by atomic mass is 35.5. The van der Waals surface area contributed by atoms with Gasteiger partial charge in [0.05, 0.1) is 24.9 Å². The van der Waals surface area contributed by atoms with Crippen LogP contribution in [0.4, 0.5) is 0 Å². The molecule has 1 aliphatic heterocycles. The van der Waals surface area contributed by atoms with Crippen LogP contribution in [-0.2, 0) is 6.54 Å². The number of aromatic nitrogens is 1. The van der Waals surface area contributed by atoms with Crippen LogP contribution in [0.25, 0.3) is 5.69 Å². The van der Waals surface area contributed by atoms with E-state index in [0.29, 0.717) is 13.2 Å². The van der Waals surface area contributed by atoms with Crippen LogP contribution in [0.1, 0.15) is 47.8 Å². The molecule has 2 aromatic carbocycles. The molecule has 0 saturated carbocycles. The van der Waals surface area contributed by atoms with E-state index in [1.165, 1.54) is 27.9 Å². The zero-order valence-electron chi connectivity index (χ0n) is 17.5. The maximum absolute atomic E-state index is 5.87. The van der Waals surface area contributed by atoms with Crippen molar-refractivity contribution < 1.29 is 21.9 Å². The second kappa shape index (κ2) is 8.93. The molecule has 5 heteroatoms. The smallest absolute Gasteiger partial charge is 0.163 e. The Bertz CT molecular complexity index is 997. The maximum Gasteiger partial charge on any atom is 0.163 e. The minimum atomic E-state index is 0. The Balaban J connectivity index is 0.00000240. The molecule has 1 aliphatic rings. The summed E-state index contributed by atoms with van der Waals surface area (Å²) in [6, 6.07) is 15.4. The zero-order chi connectivity index (χ0) is 19.7. The summed E-state index contributed by atoms with van der Waals surface area (Å²) < 4.78 is 14.0. The lowest BCUT2D eigenvalue weighted by molar-refractivity contribution is -0.00000679. The van der Waals surface area contributed by atoms with E-state index in [0.717, 1.165) is 23.7 Å². The van der Waals surface area contributed by atoms with E-state index in [2.05, 4.69) is 72.4 Å². The molecule has 2 heterocycles. The van der Waals surface area contributed by atoms with Gasteiger partial charge >= 0.3 is 0 Å².